The molecule has 0 radical (unpaired) electrons. The molecule has 2 fully saturated rings. The Hall–Kier alpha value is -0.680. The molecule has 1 aromatic carbocycles. The van der Waals surface area contributed by atoms with Gasteiger partial charge < -0.3 is 4.90 Å². The molecule has 1 heterocycles. The highest BCUT2D eigenvalue weighted by Gasteiger charge is 2.62. The topological polar surface area (TPSA) is 3.24 Å². The SMILES string of the molecule is Fc1ccc(F)c(C23CC2CN(C(=S)CCCS)C3)c1. The van der Waals surface area contributed by atoms with Crippen LogP contribution in [0.15, 0.2) is 18.2 Å². The van der Waals surface area contributed by atoms with Gasteiger partial charge in [0.1, 0.15) is 11.6 Å². The van der Waals surface area contributed by atoms with Gasteiger partial charge in [0.2, 0.25) is 0 Å². The Morgan fingerprint density at radius 1 is 1.45 bits per heavy atom. The predicted molar refractivity (Wildman–Crippen MR) is 83.4 cm³/mol. The minimum Gasteiger partial charge on any atom is -0.365 e. The second kappa shape index (κ2) is 5.26. The number of thiol groups is 1. The van der Waals surface area contributed by atoms with Gasteiger partial charge in [0.25, 0.3) is 0 Å². The molecule has 20 heavy (non-hydrogen) atoms. The molecule has 1 aliphatic heterocycles. The van der Waals surface area contributed by atoms with E-state index in [0.717, 1.165) is 43.1 Å². The van der Waals surface area contributed by atoms with Crippen LogP contribution >= 0.6 is 24.8 Å². The van der Waals surface area contributed by atoms with Crippen molar-refractivity contribution < 1.29 is 8.78 Å². The van der Waals surface area contributed by atoms with Crippen LogP contribution in [-0.4, -0.2) is 28.7 Å². The van der Waals surface area contributed by atoms with Gasteiger partial charge in [-0.1, -0.05) is 12.2 Å². The van der Waals surface area contributed by atoms with Crippen molar-refractivity contribution in [2.45, 2.75) is 24.7 Å². The maximum Gasteiger partial charge on any atom is 0.127 e. The van der Waals surface area contributed by atoms with Gasteiger partial charge in [0.05, 0.1) is 4.99 Å². The van der Waals surface area contributed by atoms with Crippen molar-refractivity contribution in [1.29, 1.82) is 0 Å². The highest BCUT2D eigenvalue weighted by molar-refractivity contribution is 7.80. The van der Waals surface area contributed by atoms with E-state index in [9.17, 15) is 8.78 Å². The summed E-state index contributed by atoms with van der Waals surface area (Å²) in [6.45, 7) is 1.60. The molecule has 3 rings (SSSR count). The molecule has 0 bridgehead atoms. The van der Waals surface area contributed by atoms with Crippen LogP contribution in [0.1, 0.15) is 24.8 Å². The molecule has 0 aromatic heterocycles. The van der Waals surface area contributed by atoms with Crippen LogP contribution in [0.3, 0.4) is 0 Å². The van der Waals surface area contributed by atoms with E-state index in [2.05, 4.69) is 17.5 Å². The number of fused-ring (bicyclic) bond motifs is 1. The van der Waals surface area contributed by atoms with Gasteiger partial charge in [0.15, 0.2) is 0 Å². The number of piperidine rings is 1. The average Bonchev–Trinajstić information content (AvgIpc) is 3.01. The van der Waals surface area contributed by atoms with Crippen molar-refractivity contribution in [2.24, 2.45) is 5.92 Å². The van der Waals surface area contributed by atoms with Crippen LogP contribution in [0, 0.1) is 17.6 Å². The van der Waals surface area contributed by atoms with Gasteiger partial charge >= 0.3 is 0 Å². The van der Waals surface area contributed by atoms with Gasteiger partial charge in [-0.2, -0.15) is 12.6 Å². The summed E-state index contributed by atoms with van der Waals surface area (Å²) in [6, 6.07) is 3.77. The molecule has 0 spiro atoms. The second-order valence-electron chi connectivity index (χ2n) is 5.78. The van der Waals surface area contributed by atoms with E-state index >= 15 is 0 Å². The minimum atomic E-state index is -0.363. The van der Waals surface area contributed by atoms with Gasteiger partial charge in [-0.3, -0.25) is 0 Å². The van der Waals surface area contributed by atoms with E-state index in [1.165, 1.54) is 18.2 Å². The molecule has 1 saturated carbocycles. The Morgan fingerprint density at radius 2 is 2.25 bits per heavy atom. The first-order chi connectivity index (χ1) is 9.56. The first-order valence-electron chi connectivity index (χ1n) is 6.91. The molecule has 5 heteroatoms. The largest absolute Gasteiger partial charge is 0.365 e. The van der Waals surface area contributed by atoms with E-state index in [0.29, 0.717) is 11.5 Å². The molecule has 2 atom stereocenters. The Bertz CT molecular complexity index is 549. The third kappa shape index (κ3) is 2.35. The van der Waals surface area contributed by atoms with Crippen molar-refractivity contribution >= 4 is 29.8 Å². The number of halogens is 2. The molecule has 2 aliphatic rings. The van der Waals surface area contributed by atoms with Crippen molar-refractivity contribution in [3.8, 4) is 0 Å². The molecule has 108 valence electrons. The van der Waals surface area contributed by atoms with Crippen LogP contribution in [0.5, 0.6) is 0 Å². The average molecular weight is 313 g/mol. The lowest BCUT2D eigenvalue weighted by Gasteiger charge is -2.24. The number of hydrogen-bond donors (Lipinski definition) is 1. The first-order valence-corrected chi connectivity index (χ1v) is 7.95. The van der Waals surface area contributed by atoms with Crippen LogP contribution in [0.2, 0.25) is 0 Å². The Labute approximate surface area is 128 Å². The highest BCUT2D eigenvalue weighted by Crippen LogP contribution is 2.59. The number of hydrogen-bond acceptors (Lipinski definition) is 2. The summed E-state index contributed by atoms with van der Waals surface area (Å²) in [5.41, 5.74) is 0.319. The van der Waals surface area contributed by atoms with E-state index in [1.807, 2.05) is 0 Å². The lowest BCUT2D eigenvalue weighted by Crippen LogP contribution is -2.31. The normalized spacial score (nSPS) is 27.6. The summed E-state index contributed by atoms with van der Waals surface area (Å²) in [5.74, 6) is 0.573. The zero-order valence-electron chi connectivity index (χ0n) is 11.1. The van der Waals surface area contributed by atoms with Crippen molar-refractivity contribution in [1.82, 2.24) is 4.90 Å². The van der Waals surface area contributed by atoms with Gasteiger partial charge in [-0.15, -0.1) is 0 Å². The smallest absolute Gasteiger partial charge is 0.127 e. The third-order valence-corrected chi connectivity index (χ3v) is 5.29. The summed E-state index contributed by atoms with van der Waals surface area (Å²) in [7, 11) is 0. The molecule has 1 saturated heterocycles. The molecule has 2 unspecified atom stereocenters. The zero-order chi connectivity index (χ0) is 14.3. The molecule has 0 amide bonds. The molecule has 0 N–H and O–H groups in total. The standard InChI is InChI=1S/C15H17F2NS2/c16-11-3-4-13(17)12(6-11)15-7-10(15)8-18(9-15)14(20)2-1-5-19/h3-4,6,10,19H,1-2,5,7-9H2. The lowest BCUT2D eigenvalue weighted by atomic mass is 9.94. The number of likely N-dealkylation sites (tertiary alicyclic amines) is 1. The van der Waals surface area contributed by atoms with Crippen LogP contribution in [0.4, 0.5) is 8.78 Å². The van der Waals surface area contributed by atoms with Crippen LogP contribution in [-0.2, 0) is 5.41 Å². The number of thiocarbonyl (C=S) groups is 1. The van der Waals surface area contributed by atoms with Crippen molar-refractivity contribution in [2.75, 3.05) is 18.8 Å². The Balaban J connectivity index is 1.76. The maximum absolute atomic E-state index is 14.0. The zero-order valence-corrected chi connectivity index (χ0v) is 12.8. The molecule has 1 aliphatic carbocycles. The minimum absolute atomic E-state index is 0.211. The summed E-state index contributed by atoms with van der Waals surface area (Å²) in [5, 5.41) is 0. The fourth-order valence-corrected chi connectivity index (χ4v) is 3.80. The Kier molecular flexibility index (Phi) is 3.75. The molecular formula is C15H17F2NS2. The maximum atomic E-state index is 14.0. The van der Waals surface area contributed by atoms with E-state index < -0.39 is 0 Å². The molecule has 1 nitrogen and oxygen atoms in total. The summed E-state index contributed by atoms with van der Waals surface area (Å²) in [4.78, 5) is 3.10. The van der Waals surface area contributed by atoms with E-state index in [4.69, 9.17) is 12.2 Å². The van der Waals surface area contributed by atoms with E-state index in [-0.39, 0.29) is 17.0 Å². The lowest BCUT2D eigenvalue weighted by molar-refractivity contribution is 0.439. The summed E-state index contributed by atoms with van der Waals surface area (Å²) in [6.07, 6.45) is 2.76. The van der Waals surface area contributed by atoms with Gasteiger partial charge in [-0.25, -0.2) is 8.78 Å². The number of nitrogens with zero attached hydrogens (tertiary/aromatic N) is 1. The second-order valence-corrected chi connectivity index (χ2v) is 6.70. The van der Waals surface area contributed by atoms with Gasteiger partial charge in [0, 0.05) is 18.5 Å². The summed E-state index contributed by atoms with van der Waals surface area (Å²) < 4.78 is 27.4. The number of benzene rings is 1. The van der Waals surface area contributed by atoms with Crippen LogP contribution < -0.4 is 0 Å². The third-order valence-electron chi connectivity index (χ3n) is 4.51. The summed E-state index contributed by atoms with van der Waals surface area (Å²) >= 11 is 9.63. The molecule has 1 aromatic rings. The van der Waals surface area contributed by atoms with Crippen molar-refractivity contribution in [3.05, 3.63) is 35.4 Å². The first kappa shape index (κ1) is 14.3. The Morgan fingerprint density at radius 3 is 3.00 bits per heavy atom. The predicted octanol–water partition coefficient (Wildman–Crippen LogP) is 3.58. The quantitative estimate of drug-likeness (QED) is 0.668. The number of rotatable bonds is 4. The van der Waals surface area contributed by atoms with Gasteiger partial charge in [-0.05, 0) is 54.7 Å². The highest BCUT2D eigenvalue weighted by atomic mass is 32.1. The molecular weight excluding hydrogens is 296 g/mol. The van der Waals surface area contributed by atoms with Crippen molar-refractivity contribution in [3.63, 3.8) is 0 Å². The fourth-order valence-electron chi connectivity index (χ4n) is 3.36. The van der Waals surface area contributed by atoms with Crippen LogP contribution in [0.25, 0.3) is 0 Å². The fraction of sp³-hybridized carbons (Fsp3) is 0.533. The van der Waals surface area contributed by atoms with E-state index in [1.54, 1.807) is 0 Å². The monoisotopic (exact) mass is 313 g/mol.